The van der Waals surface area contributed by atoms with Crippen LogP contribution >= 0.6 is 0 Å². The molecule has 0 bridgehead atoms. The minimum atomic E-state index is -1.12. The Hall–Kier alpha value is -2.02. The van der Waals surface area contributed by atoms with Crippen molar-refractivity contribution in [2.45, 2.75) is 13.0 Å². The predicted octanol–water partition coefficient (Wildman–Crippen LogP) is 0.729. The van der Waals surface area contributed by atoms with Crippen molar-refractivity contribution in [2.24, 2.45) is 5.92 Å². The number of rotatable bonds is 5. The number of likely N-dealkylation sites (tertiary alicyclic amines) is 1. The average Bonchev–Trinajstić information content (AvgIpc) is 3.03. The number of nitrogens with zero attached hydrogens (tertiary/aromatic N) is 1. The smallest absolute Gasteiger partial charge is 0.371 e. The van der Waals surface area contributed by atoms with Gasteiger partial charge in [0.15, 0.2) is 0 Å². The van der Waals surface area contributed by atoms with Gasteiger partial charge in [-0.05, 0) is 38.1 Å². The van der Waals surface area contributed by atoms with Crippen LogP contribution in [-0.2, 0) is 6.54 Å². The van der Waals surface area contributed by atoms with Crippen molar-refractivity contribution in [1.29, 1.82) is 0 Å². The summed E-state index contributed by atoms with van der Waals surface area (Å²) in [5.41, 5.74) is 0. The summed E-state index contributed by atoms with van der Waals surface area (Å²) in [6, 6.07) is 2.63. The molecule has 2 heterocycles. The largest absolute Gasteiger partial charge is 0.475 e. The number of urea groups is 1. The molecule has 2 amide bonds. The molecule has 7 nitrogen and oxygen atoms in total. The molecule has 0 radical (unpaired) electrons. The van der Waals surface area contributed by atoms with Gasteiger partial charge in [-0.1, -0.05) is 0 Å². The number of nitrogens with one attached hydrogen (secondary N) is 2. The van der Waals surface area contributed by atoms with Crippen LogP contribution in [-0.4, -0.2) is 48.7 Å². The maximum atomic E-state index is 11.6. The van der Waals surface area contributed by atoms with Crippen molar-refractivity contribution in [3.05, 3.63) is 23.7 Å². The highest BCUT2D eigenvalue weighted by atomic mass is 16.4. The Bertz CT molecular complexity index is 486. The van der Waals surface area contributed by atoms with Crippen molar-refractivity contribution in [1.82, 2.24) is 15.5 Å². The Kier molecular flexibility index (Phi) is 4.62. The zero-order valence-electron chi connectivity index (χ0n) is 11.4. The highest BCUT2D eigenvalue weighted by molar-refractivity contribution is 5.84. The molecule has 1 fully saturated rings. The summed E-state index contributed by atoms with van der Waals surface area (Å²) >= 11 is 0. The second-order valence-corrected chi connectivity index (χ2v) is 5.05. The number of carbonyl (C=O) groups is 2. The molecule has 7 heteroatoms. The number of amides is 2. The van der Waals surface area contributed by atoms with Crippen molar-refractivity contribution >= 4 is 12.0 Å². The van der Waals surface area contributed by atoms with Crippen molar-refractivity contribution in [2.75, 3.05) is 26.7 Å². The summed E-state index contributed by atoms with van der Waals surface area (Å²) in [6.45, 7) is 2.89. The van der Waals surface area contributed by atoms with Gasteiger partial charge in [0.05, 0.1) is 6.54 Å². The first kappa shape index (κ1) is 14.4. The minimum absolute atomic E-state index is 0.129. The first-order valence-electron chi connectivity index (χ1n) is 6.57. The molecule has 0 aromatic carbocycles. The van der Waals surface area contributed by atoms with E-state index in [2.05, 4.69) is 22.6 Å². The molecule has 1 unspecified atom stereocenters. The Balaban J connectivity index is 1.68. The summed E-state index contributed by atoms with van der Waals surface area (Å²) in [5, 5.41) is 14.2. The van der Waals surface area contributed by atoms with Gasteiger partial charge in [-0.2, -0.15) is 0 Å². The molecule has 3 N–H and O–H groups in total. The lowest BCUT2D eigenvalue weighted by Gasteiger charge is -2.12. The monoisotopic (exact) mass is 281 g/mol. The summed E-state index contributed by atoms with van der Waals surface area (Å²) < 4.78 is 5.04. The second-order valence-electron chi connectivity index (χ2n) is 5.05. The van der Waals surface area contributed by atoms with Crippen LogP contribution in [0.3, 0.4) is 0 Å². The molecule has 1 saturated heterocycles. The minimum Gasteiger partial charge on any atom is -0.475 e. The summed E-state index contributed by atoms with van der Waals surface area (Å²) in [7, 11) is 2.07. The Morgan fingerprint density at radius 1 is 1.45 bits per heavy atom. The van der Waals surface area contributed by atoms with Crippen LogP contribution in [0.4, 0.5) is 4.79 Å². The molecule has 1 aromatic heterocycles. The SMILES string of the molecule is CN1CCC(CNC(=O)NCc2ccc(C(=O)O)o2)C1. The quantitative estimate of drug-likeness (QED) is 0.739. The van der Waals surface area contributed by atoms with Gasteiger partial charge >= 0.3 is 12.0 Å². The highest BCUT2D eigenvalue weighted by Crippen LogP contribution is 2.12. The van der Waals surface area contributed by atoms with Gasteiger partial charge in [-0.15, -0.1) is 0 Å². The lowest BCUT2D eigenvalue weighted by molar-refractivity contribution is 0.0660. The van der Waals surface area contributed by atoms with Crippen LogP contribution in [0.5, 0.6) is 0 Å². The van der Waals surface area contributed by atoms with Crippen molar-refractivity contribution in [3.8, 4) is 0 Å². The second kappa shape index (κ2) is 6.42. The van der Waals surface area contributed by atoms with E-state index in [1.165, 1.54) is 12.1 Å². The molecule has 0 spiro atoms. The van der Waals surface area contributed by atoms with Gasteiger partial charge in [-0.3, -0.25) is 0 Å². The third-order valence-electron chi connectivity index (χ3n) is 3.34. The fourth-order valence-electron chi connectivity index (χ4n) is 2.25. The third-order valence-corrected chi connectivity index (χ3v) is 3.34. The first-order chi connectivity index (χ1) is 9.54. The number of furan rings is 1. The van der Waals surface area contributed by atoms with Gasteiger partial charge in [0.1, 0.15) is 5.76 Å². The van der Waals surface area contributed by atoms with Crippen LogP contribution in [0.25, 0.3) is 0 Å². The molecule has 0 aliphatic carbocycles. The fraction of sp³-hybridized carbons (Fsp3) is 0.538. The number of carbonyl (C=O) groups excluding carboxylic acids is 1. The van der Waals surface area contributed by atoms with Gasteiger partial charge in [0.25, 0.3) is 0 Å². The molecule has 2 rings (SSSR count). The third kappa shape index (κ3) is 3.99. The maximum Gasteiger partial charge on any atom is 0.371 e. The van der Waals surface area contributed by atoms with E-state index in [0.29, 0.717) is 18.2 Å². The van der Waals surface area contributed by atoms with Crippen LogP contribution in [0.2, 0.25) is 0 Å². The van der Waals surface area contributed by atoms with E-state index >= 15 is 0 Å². The van der Waals surface area contributed by atoms with E-state index in [4.69, 9.17) is 9.52 Å². The Morgan fingerprint density at radius 2 is 2.25 bits per heavy atom. The zero-order valence-corrected chi connectivity index (χ0v) is 11.4. The van der Waals surface area contributed by atoms with E-state index < -0.39 is 5.97 Å². The first-order valence-corrected chi connectivity index (χ1v) is 6.57. The van der Waals surface area contributed by atoms with E-state index in [1.54, 1.807) is 0 Å². The van der Waals surface area contributed by atoms with E-state index in [1.807, 2.05) is 0 Å². The van der Waals surface area contributed by atoms with Crippen LogP contribution < -0.4 is 10.6 Å². The van der Waals surface area contributed by atoms with Crippen molar-refractivity contribution < 1.29 is 19.1 Å². The standard InChI is InChI=1S/C13H19N3O4/c1-16-5-4-9(8-16)6-14-13(19)15-7-10-2-3-11(20-10)12(17)18/h2-3,9H,4-8H2,1H3,(H,17,18)(H2,14,15,19). The molecule has 110 valence electrons. The number of carboxylic acid groups (broad SMARTS) is 1. The molecular formula is C13H19N3O4. The van der Waals surface area contributed by atoms with E-state index in [9.17, 15) is 9.59 Å². The number of hydrogen-bond acceptors (Lipinski definition) is 4. The Morgan fingerprint density at radius 3 is 2.85 bits per heavy atom. The lowest BCUT2D eigenvalue weighted by Crippen LogP contribution is -2.38. The van der Waals surface area contributed by atoms with Gasteiger partial charge in [-0.25, -0.2) is 9.59 Å². The lowest BCUT2D eigenvalue weighted by atomic mass is 10.1. The number of hydrogen-bond donors (Lipinski definition) is 3. The summed E-state index contributed by atoms with van der Waals surface area (Å²) in [6.07, 6.45) is 1.09. The molecule has 1 aliphatic heterocycles. The topological polar surface area (TPSA) is 94.8 Å². The van der Waals surface area contributed by atoms with Crippen molar-refractivity contribution in [3.63, 3.8) is 0 Å². The number of aromatic carboxylic acids is 1. The van der Waals surface area contributed by atoms with Gasteiger partial charge in [0, 0.05) is 13.1 Å². The number of carboxylic acids is 1. The van der Waals surface area contributed by atoms with Gasteiger partial charge < -0.3 is 25.1 Å². The predicted molar refractivity (Wildman–Crippen MR) is 71.5 cm³/mol. The van der Waals surface area contributed by atoms with Crippen LogP contribution in [0.1, 0.15) is 22.7 Å². The maximum absolute atomic E-state index is 11.6. The Labute approximate surface area is 116 Å². The fourth-order valence-corrected chi connectivity index (χ4v) is 2.25. The summed E-state index contributed by atoms with van der Waals surface area (Å²) in [4.78, 5) is 24.5. The normalized spacial score (nSPS) is 18.9. The molecular weight excluding hydrogens is 262 g/mol. The average molecular weight is 281 g/mol. The van der Waals surface area contributed by atoms with Crippen LogP contribution in [0.15, 0.2) is 16.5 Å². The summed E-state index contributed by atoms with van der Waals surface area (Å²) in [5.74, 6) is -0.339. The molecule has 1 aliphatic rings. The molecule has 20 heavy (non-hydrogen) atoms. The van der Waals surface area contributed by atoms with E-state index in [-0.39, 0.29) is 18.3 Å². The van der Waals surface area contributed by atoms with Gasteiger partial charge in [0.2, 0.25) is 5.76 Å². The molecule has 0 saturated carbocycles. The van der Waals surface area contributed by atoms with Crippen LogP contribution in [0, 0.1) is 5.92 Å². The highest BCUT2D eigenvalue weighted by Gasteiger charge is 2.19. The molecule has 1 atom stereocenters. The van der Waals surface area contributed by atoms with E-state index in [0.717, 1.165) is 19.5 Å². The molecule has 1 aromatic rings. The zero-order chi connectivity index (χ0) is 14.5.